The Hall–Kier alpha value is -2.42. The molecule has 3 rings (SSSR count). The Balaban J connectivity index is 1.92. The lowest BCUT2D eigenvalue weighted by Gasteiger charge is -2.06. The van der Waals surface area contributed by atoms with E-state index in [0.717, 1.165) is 28.0 Å². The van der Waals surface area contributed by atoms with Crippen molar-refractivity contribution in [1.29, 1.82) is 0 Å². The fourth-order valence-electron chi connectivity index (χ4n) is 1.85. The van der Waals surface area contributed by atoms with Crippen molar-refractivity contribution in [2.75, 3.05) is 5.32 Å². The van der Waals surface area contributed by atoms with Crippen LogP contribution in [0, 0.1) is 6.92 Å². The van der Waals surface area contributed by atoms with Gasteiger partial charge in [-0.15, -0.1) is 0 Å². The minimum absolute atomic E-state index is 0.970. The van der Waals surface area contributed by atoms with Gasteiger partial charge in [0.25, 0.3) is 0 Å². The Labute approximate surface area is 106 Å². The van der Waals surface area contributed by atoms with E-state index in [1.807, 2.05) is 49.6 Å². The van der Waals surface area contributed by atoms with Crippen LogP contribution in [0.1, 0.15) is 5.69 Å². The summed E-state index contributed by atoms with van der Waals surface area (Å²) < 4.78 is 0. The molecule has 18 heavy (non-hydrogen) atoms. The number of anilines is 2. The number of aryl methyl sites for hydroxylation is 1. The number of benzene rings is 1. The molecular formula is C15H13N3. The molecule has 0 saturated carbocycles. The normalized spacial score (nSPS) is 10.5. The lowest BCUT2D eigenvalue weighted by atomic mass is 10.2. The van der Waals surface area contributed by atoms with Gasteiger partial charge in [0, 0.05) is 11.1 Å². The minimum atomic E-state index is 0.970. The number of rotatable bonds is 2. The van der Waals surface area contributed by atoms with Crippen LogP contribution in [0.2, 0.25) is 0 Å². The molecule has 3 nitrogen and oxygen atoms in total. The standard InChI is InChI=1S/C15H13N3/c1-11-6-7-13(9-16-11)18-14-8-12-4-2-3-5-15(12)17-10-14/h2-10,18H,1H3. The highest BCUT2D eigenvalue weighted by Crippen LogP contribution is 2.19. The Morgan fingerprint density at radius 2 is 1.72 bits per heavy atom. The Bertz CT molecular complexity index is 675. The van der Waals surface area contributed by atoms with Gasteiger partial charge in [-0.05, 0) is 31.2 Å². The molecule has 0 unspecified atom stereocenters. The monoisotopic (exact) mass is 235 g/mol. The second-order valence-electron chi connectivity index (χ2n) is 4.23. The van der Waals surface area contributed by atoms with Crippen LogP contribution in [0.25, 0.3) is 10.9 Å². The summed E-state index contributed by atoms with van der Waals surface area (Å²) in [5, 5.41) is 4.43. The zero-order chi connectivity index (χ0) is 12.4. The molecule has 0 bridgehead atoms. The van der Waals surface area contributed by atoms with Gasteiger partial charge in [-0.3, -0.25) is 9.97 Å². The number of hydrogen-bond acceptors (Lipinski definition) is 3. The first-order valence-corrected chi connectivity index (χ1v) is 5.86. The largest absolute Gasteiger partial charge is 0.353 e. The molecule has 0 aliphatic heterocycles. The van der Waals surface area contributed by atoms with Gasteiger partial charge in [-0.1, -0.05) is 18.2 Å². The number of para-hydroxylation sites is 1. The maximum atomic E-state index is 4.41. The van der Waals surface area contributed by atoms with E-state index in [1.54, 1.807) is 0 Å². The van der Waals surface area contributed by atoms with Crippen molar-refractivity contribution in [2.45, 2.75) is 6.92 Å². The van der Waals surface area contributed by atoms with Gasteiger partial charge in [-0.25, -0.2) is 0 Å². The molecule has 0 radical (unpaired) electrons. The van der Waals surface area contributed by atoms with E-state index in [0.29, 0.717) is 0 Å². The first-order chi connectivity index (χ1) is 8.81. The third-order valence-corrected chi connectivity index (χ3v) is 2.79. The van der Waals surface area contributed by atoms with E-state index in [1.165, 1.54) is 0 Å². The van der Waals surface area contributed by atoms with E-state index < -0.39 is 0 Å². The molecule has 2 aromatic heterocycles. The first kappa shape index (κ1) is 10.7. The highest BCUT2D eigenvalue weighted by molar-refractivity contribution is 5.82. The van der Waals surface area contributed by atoms with E-state index in [9.17, 15) is 0 Å². The van der Waals surface area contributed by atoms with Gasteiger partial charge in [0.2, 0.25) is 0 Å². The van der Waals surface area contributed by atoms with Crippen LogP contribution in [0.5, 0.6) is 0 Å². The topological polar surface area (TPSA) is 37.8 Å². The number of nitrogens with zero attached hydrogens (tertiary/aromatic N) is 2. The SMILES string of the molecule is Cc1ccc(Nc2cnc3ccccc3c2)cn1. The zero-order valence-electron chi connectivity index (χ0n) is 10.1. The van der Waals surface area contributed by atoms with Gasteiger partial charge < -0.3 is 5.32 Å². The summed E-state index contributed by atoms with van der Waals surface area (Å²) >= 11 is 0. The zero-order valence-corrected chi connectivity index (χ0v) is 10.1. The molecule has 0 amide bonds. The van der Waals surface area contributed by atoms with Crippen molar-refractivity contribution in [2.24, 2.45) is 0 Å². The molecule has 0 aliphatic rings. The van der Waals surface area contributed by atoms with Crippen molar-refractivity contribution in [3.05, 3.63) is 60.6 Å². The highest BCUT2D eigenvalue weighted by atomic mass is 14.9. The van der Waals surface area contributed by atoms with Gasteiger partial charge in [0.05, 0.1) is 29.3 Å². The molecule has 1 N–H and O–H groups in total. The average molecular weight is 235 g/mol. The number of aromatic nitrogens is 2. The Morgan fingerprint density at radius 3 is 2.56 bits per heavy atom. The fraction of sp³-hybridized carbons (Fsp3) is 0.0667. The highest BCUT2D eigenvalue weighted by Gasteiger charge is 1.98. The molecule has 88 valence electrons. The summed E-state index contributed by atoms with van der Waals surface area (Å²) in [6, 6.07) is 14.2. The van der Waals surface area contributed by atoms with Crippen LogP contribution in [0.15, 0.2) is 54.9 Å². The number of pyridine rings is 2. The van der Waals surface area contributed by atoms with Crippen molar-refractivity contribution in [1.82, 2.24) is 9.97 Å². The minimum Gasteiger partial charge on any atom is -0.353 e. The molecule has 2 heterocycles. The molecule has 0 atom stereocenters. The summed E-state index contributed by atoms with van der Waals surface area (Å²) in [6.45, 7) is 1.97. The fourth-order valence-corrected chi connectivity index (χ4v) is 1.85. The molecular weight excluding hydrogens is 222 g/mol. The lowest BCUT2D eigenvalue weighted by molar-refractivity contribution is 1.20. The lowest BCUT2D eigenvalue weighted by Crippen LogP contribution is -1.92. The molecule has 3 aromatic rings. The predicted molar refractivity (Wildman–Crippen MR) is 74.0 cm³/mol. The smallest absolute Gasteiger partial charge is 0.0703 e. The van der Waals surface area contributed by atoms with E-state index in [2.05, 4.69) is 27.4 Å². The molecule has 0 spiro atoms. The Morgan fingerprint density at radius 1 is 0.889 bits per heavy atom. The second-order valence-corrected chi connectivity index (χ2v) is 4.23. The van der Waals surface area contributed by atoms with Crippen molar-refractivity contribution in [3.8, 4) is 0 Å². The van der Waals surface area contributed by atoms with Crippen LogP contribution in [-0.2, 0) is 0 Å². The maximum Gasteiger partial charge on any atom is 0.0703 e. The molecule has 0 saturated heterocycles. The van der Waals surface area contributed by atoms with Crippen molar-refractivity contribution >= 4 is 22.3 Å². The van der Waals surface area contributed by atoms with Crippen LogP contribution >= 0.6 is 0 Å². The van der Waals surface area contributed by atoms with Crippen molar-refractivity contribution in [3.63, 3.8) is 0 Å². The summed E-state index contributed by atoms with van der Waals surface area (Å²) in [7, 11) is 0. The molecule has 1 aromatic carbocycles. The quantitative estimate of drug-likeness (QED) is 0.736. The summed E-state index contributed by atoms with van der Waals surface area (Å²) in [6.07, 6.45) is 3.66. The molecule has 3 heteroatoms. The van der Waals surface area contributed by atoms with E-state index in [-0.39, 0.29) is 0 Å². The molecule has 0 fully saturated rings. The van der Waals surface area contributed by atoms with Crippen molar-refractivity contribution < 1.29 is 0 Å². The van der Waals surface area contributed by atoms with E-state index in [4.69, 9.17) is 0 Å². The predicted octanol–water partition coefficient (Wildman–Crippen LogP) is 3.68. The average Bonchev–Trinajstić information content (AvgIpc) is 2.41. The van der Waals surface area contributed by atoms with Gasteiger partial charge in [-0.2, -0.15) is 0 Å². The third-order valence-electron chi connectivity index (χ3n) is 2.79. The summed E-state index contributed by atoms with van der Waals surface area (Å²) in [5.41, 5.74) is 3.96. The number of fused-ring (bicyclic) bond motifs is 1. The maximum absolute atomic E-state index is 4.41. The van der Waals surface area contributed by atoms with Crippen LogP contribution in [-0.4, -0.2) is 9.97 Å². The van der Waals surface area contributed by atoms with Crippen LogP contribution in [0.3, 0.4) is 0 Å². The van der Waals surface area contributed by atoms with Crippen LogP contribution in [0.4, 0.5) is 11.4 Å². The summed E-state index contributed by atoms with van der Waals surface area (Å²) in [4.78, 5) is 8.67. The number of nitrogens with one attached hydrogen (secondary N) is 1. The van der Waals surface area contributed by atoms with Gasteiger partial charge in [0.1, 0.15) is 0 Å². The van der Waals surface area contributed by atoms with Gasteiger partial charge in [0.15, 0.2) is 0 Å². The first-order valence-electron chi connectivity index (χ1n) is 5.86. The number of hydrogen-bond donors (Lipinski definition) is 1. The molecule has 0 aliphatic carbocycles. The Kier molecular flexibility index (Phi) is 2.65. The second kappa shape index (κ2) is 4.45. The summed E-state index contributed by atoms with van der Waals surface area (Å²) in [5.74, 6) is 0. The third kappa shape index (κ3) is 2.15. The van der Waals surface area contributed by atoms with Crippen LogP contribution < -0.4 is 5.32 Å². The van der Waals surface area contributed by atoms with Gasteiger partial charge >= 0.3 is 0 Å². The van der Waals surface area contributed by atoms with E-state index >= 15 is 0 Å².